The van der Waals surface area contributed by atoms with Crippen molar-refractivity contribution in [2.45, 2.75) is 18.7 Å². The number of nitrogens with one attached hydrogen (secondary N) is 1. The lowest BCUT2D eigenvalue weighted by Crippen LogP contribution is -2.31. The molecule has 0 unspecified atom stereocenters. The Morgan fingerprint density at radius 1 is 1.17 bits per heavy atom. The minimum absolute atomic E-state index is 0.0377. The molecule has 1 heterocycles. The van der Waals surface area contributed by atoms with Crippen LogP contribution in [0.2, 0.25) is 0 Å². The molecule has 1 aromatic heterocycles. The topological polar surface area (TPSA) is 93.5 Å². The van der Waals surface area contributed by atoms with Crippen LogP contribution >= 0.6 is 0 Å². The van der Waals surface area contributed by atoms with Crippen molar-refractivity contribution in [3.05, 3.63) is 66.7 Å². The molecule has 2 aromatic carbocycles. The van der Waals surface area contributed by atoms with E-state index in [0.29, 0.717) is 18.8 Å². The molecule has 3 rings (SSSR count). The maximum Gasteiger partial charge on any atom is 0.255 e. The second kappa shape index (κ2) is 9.10. The Kier molecular flexibility index (Phi) is 6.53. The van der Waals surface area contributed by atoms with E-state index in [1.807, 2.05) is 12.1 Å². The monoisotopic (exact) mass is 428 g/mol. The fraction of sp³-hybridized carbons (Fsp3) is 0.238. The van der Waals surface area contributed by atoms with Gasteiger partial charge in [0, 0.05) is 31.0 Å². The van der Waals surface area contributed by atoms with Gasteiger partial charge in [-0.2, -0.15) is 4.31 Å². The molecule has 9 heteroatoms. The van der Waals surface area contributed by atoms with Crippen LogP contribution in [0.1, 0.15) is 24.2 Å². The second-order valence-corrected chi connectivity index (χ2v) is 8.30. The first-order valence-corrected chi connectivity index (χ1v) is 10.9. The molecule has 1 amide bonds. The van der Waals surface area contributed by atoms with Crippen LogP contribution < -0.4 is 10.1 Å². The number of carbonyl (C=O) groups excluding carboxylic acids is 1. The normalized spacial score (nSPS) is 11.5. The van der Waals surface area contributed by atoms with Crippen molar-refractivity contribution in [1.82, 2.24) is 13.9 Å². The van der Waals surface area contributed by atoms with Gasteiger partial charge in [0.05, 0.1) is 24.8 Å². The Hall–Kier alpha value is -3.17. The molecule has 30 heavy (non-hydrogen) atoms. The number of aromatic nitrogens is 2. The third kappa shape index (κ3) is 4.22. The zero-order chi connectivity index (χ0) is 21.7. The van der Waals surface area contributed by atoms with Crippen LogP contribution in [0.3, 0.4) is 0 Å². The van der Waals surface area contributed by atoms with Crippen molar-refractivity contribution in [2.24, 2.45) is 0 Å². The molecule has 0 atom stereocenters. The molecule has 0 spiro atoms. The number of methoxy groups -OCH3 is 1. The van der Waals surface area contributed by atoms with Crippen LogP contribution in [0.5, 0.6) is 5.75 Å². The molecule has 0 fully saturated rings. The first-order chi connectivity index (χ1) is 14.4. The maximum absolute atomic E-state index is 13.0. The van der Waals surface area contributed by atoms with Gasteiger partial charge in [-0.25, -0.2) is 13.4 Å². The van der Waals surface area contributed by atoms with Gasteiger partial charge in [-0.1, -0.05) is 26.0 Å². The molecule has 0 aliphatic carbocycles. The van der Waals surface area contributed by atoms with Gasteiger partial charge < -0.3 is 14.6 Å². The van der Waals surface area contributed by atoms with Crippen LogP contribution in [0.25, 0.3) is 5.69 Å². The molecular weight excluding hydrogens is 404 g/mol. The standard InChI is InChI=1S/C21H24N4O4S/c1-4-25(5-2)30(27,28)20-14-16(10-11-19(20)29-3)21(26)23-17-8-6-7-9-18(17)24-13-12-22-15-24/h6-15H,4-5H2,1-3H3,(H,23,26). The first kappa shape index (κ1) is 21.5. The zero-order valence-corrected chi connectivity index (χ0v) is 17.9. The first-order valence-electron chi connectivity index (χ1n) is 9.49. The van der Waals surface area contributed by atoms with E-state index in [1.165, 1.54) is 29.6 Å². The largest absolute Gasteiger partial charge is 0.495 e. The molecule has 0 saturated heterocycles. The average molecular weight is 429 g/mol. The number of sulfonamides is 1. The van der Waals surface area contributed by atoms with Crippen LogP contribution in [-0.2, 0) is 10.0 Å². The Morgan fingerprint density at radius 2 is 1.90 bits per heavy atom. The highest BCUT2D eigenvalue weighted by atomic mass is 32.2. The highest BCUT2D eigenvalue weighted by molar-refractivity contribution is 7.89. The van der Waals surface area contributed by atoms with Gasteiger partial charge in [0.25, 0.3) is 5.91 Å². The van der Waals surface area contributed by atoms with E-state index in [-0.39, 0.29) is 16.2 Å². The Morgan fingerprint density at radius 3 is 2.53 bits per heavy atom. The van der Waals surface area contributed by atoms with Gasteiger partial charge in [0.15, 0.2) is 0 Å². The van der Waals surface area contributed by atoms with Gasteiger partial charge in [-0.3, -0.25) is 4.79 Å². The predicted molar refractivity (Wildman–Crippen MR) is 115 cm³/mol. The summed E-state index contributed by atoms with van der Waals surface area (Å²) < 4.78 is 34.4. The van der Waals surface area contributed by atoms with E-state index >= 15 is 0 Å². The molecule has 0 aliphatic rings. The van der Waals surface area contributed by atoms with Crippen LogP contribution in [0.4, 0.5) is 5.69 Å². The van der Waals surface area contributed by atoms with Gasteiger partial charge in [0.1, 0.15) is 10.6 Å². The summed E-state index contributed by atoms with van der Waals surface area (Å²) in [6.45, 7) is 4.15. The number of para-hydroxylation sites is 2. The van der Waals surface area contributed by atoms with Gasteiger partial charge >= 0.3 is 0 Å². The number of benzene rings is 2. The van der Waals surface area contributed by atoms with Crippen molar-refractivity contribution in [3.8, 4) is 11.4 Å². The summed E-state index contributed by atoms with van der Waals surface area (Å²) in [6.07, 6.45) is 5.05. The maximum atomic E-state index is 13.0. The Bertz CT molecular complexity index is 1120. The summed E-state index contributed by atoms with van der Waals surface area (Å²) in [4.78, 5) is 16.9. The fourth-order valence-corrected chi connectivity index (χ4v) is 4.76. The van der Waals surface area contributed by atoms with E-state index in [2.05, 4.69) is 10.3 Å². The molecule has 0 aliphatic heterocycles. The van der Waals surface area contributed by atoms with Crippen molar-refractivity contribution < 1.29 is 17.9 Å². The molecule has 0 bridgehead atoms. The molecular formula is C21H24N4O4S. The zero-order valence-electron chi connectivity index (χ0n) is 17.1. The quantitative estimate of drug-likeness (QED) is 0.595. The smallest absolute Gasteiger partial charge is 0.255 e. The number of imidazole rings is 1. The number of ether oxygens (including phenoxy) is 1. The van der Waals surface area contributed by atoms with Crippen molar-refractivity contribution in [1.29, 1.82) is 0 Å². The number of carbonyl (C=O) groups is 1. The third-order valence-corrected chi connectivity index (χ3v) is 6.75. The summed E-state index contributed by atoms with van der Waals surface area (Å²) >= 11 is 0. The average Bonchev–Trinajstić information content (AvgIpc) is 3.29. The number of rotatable bonds is 8. The fourth-order valence-electron chi connectivity index (χ4n) is 3.12. The third-order valence-electron chi connectivity index (χ3n) is 4.68. The van der Waals surface area contributed by atoms with Gasteiger partial charge in [0.2, 0.25) is 10.0 Å². The van der Waals surface area contributed by atoms with E-state index in [0.717, 1.165) is 5.69 Å². The van der Waals surface area contributed by atoms with Gasteiger partial charge in [-0.15, -0.1) is 0 Å². The number of hydrogen-bond donors (Lipinski definition) is 1. The van der Waals surface area contributed by atoms with Crippen molar-refractivity contribution >= 4 is 21.6 Å². The highest BCUT2D eigenvalue weighted by Gasteiger charge is 2.27. The summed E-state index contributed by atoms with van der Waals surface area (Å²) in [5.74, 6) is -0.238. The molecule has 1 N–H and O–H groups in total. The minimum atomic E-state index is -3.80. The number of nitrogens with zero attached hydrogens (tertiary/aromatic N) is 3. The predicted octanol–water partition coefficient (Wildman–Crippen LogP) is 3.16. The van der Waals surface area contributed by atoms with Gasteiger partial charge in [-0.05, 0) is 30.3 Å². The highest BCUT2D eigenvalue weighted by Crippen LogP contribution is 2.28. The minimum Gasteiger partial charge on any atom is -0.495 e. The Balaban J connectivity index is 1.97. The molecule has 8 nitrogen and oxygen atoms in total. The van der Waals surface area contributed by atoms with E-state index in [9.17, 15) is 13.2 Å². The SMILES string of the molecule is CCN(CC)S(=O)(=O)c1cc(C(=O)Nc2ccccc2-n2ccnc2)ccc1OC. The lowest BCUT2D eigenvalue weighted by molar-refractivity contribution is 0.102. The summed E-state index contributed by atoms with van der Waals surface area (Å²) in [5.41, 5.74) is 1.53. The van der Waals surface area contributed by atoms with Crippen LogP contribution in [0, 0.1) is 0 Å². The number of hydrogen-bond acceptors (Lipinski definition) is 5. The molecule has 158 valence electrons. The number of amides is 1. The summed E-state index contributed by atoms with van der Waals surface area (Å²) in [7, 11) is -2.40. The van der Waals surface area contributed by atoms with Crippen molar-refractivity contribution in [2.75, 3.05) is 25.5 Å². The van der Waals surface area contributed by atoms with E-state index in [1.54, 1.807) is 49.3 Å². The van der Waals surface area contributed by atoms with E-state index in [4.69, 9.17) is 4.74 Å². The molecule has 3 aromatic rings. The lowest BCUT2D eigenvalue weighted by atomic mass is 10.2. The van der Waals surface area contributed by atoms with Crippen molar-refractivity contribution in [3.63, 3.8) is 0 Å². The van der Waals surface area contributed by atoms with E-state index < -0.39 is 15.9 Å². The molecule has 0 saturated carbocycles. The lowest BCUT2D eigenvalue weighted by Gasteiger charge is -2.20. The summed E-state index contributed by atoms with van der Waals surface area (Å²) in [5, 5.41) is 2.85. The van der Waals surface area contributed by atoms with Crippen LogP contribution in [0.15, 0.2) is 66.1 Å². The summed E-state index contributed by atoms with van der Waals surface area (Å²) in [6, 6.07) is 11.7. The Labute approximate surface area is 176 Å². The molecule has 0 radical (unpaired) electrons. The second-order valence-electron chi connectivity index (χ2n) is 6.40. The van der Waals surface area contributed by atoms with Crippen LogP contribution in [-0.4, -0.2) is 48.4 Å². The number of anilines is 1.